The minimum absolute atomic E-state index is 0.0304. The molecule has 1 aromatic carbocycles. The van der Waals surface area contributed by atoms with Gasteiger partial charge in [-0.05, 0) is 24.3 Å². The van der Waals surface area contributed by atoms with Crippen LogP contribution in [0.2, 0.25) is 0 Å². The molecule has 0 unspecified atom stereocenters. The number of rotatable bonds is 5. The first kappa shape index (κ1) is 18.1. The van der Waals surface area contributed by atoms with E-state index in [1.165, 1.54) is 16.4 Å². The summed E-state index contributed by atoms with van der Waals surface area (Å²) in [7, 11) is 0. The number of aromatic nitrogens is 3. The number of carbonyl (C=O) groups is 2. The zero-order valence-electron chi connectivity index (χ0n) is 14.5. The van der Waals surface area contributed by atoms with Crippen LogP contribution in [0.4, 0.5) is 15.4 Å². The topological polar surface area (TPSA) is 76.9 Å². The summed E-state index contributed by atoms with van der Waals surface area (Å²) < 4.78 is 14.4. The second-order valence-electron chi connectivity index (χ2n) is 6.81. The Morgan fingerprint density at radius 1 is 1.27 bits per heavy atom. The fourth-order valence-corrected chi connectivity index (χ4v) is 2.78. The summed E-state index contributed by atoms with van der Waals surface area (Å²) in [6.07, 6.45) is 3.65. The highest BCUT2D eigenvalue weighted by atomic mass is 32.2. The molecular weight excluding hydrogens is 355 g/mol. The minimum atomic E-state index is -0.629. The molecule has 134 valence electrons. The lowest BCUT2D eigenvalue weighted by Crippen LogP contribution is -2.20. The van der Waals surface area contributed by atoms with Gasteiger partial charge in [0.25, 0.3) is 0 Å². The molecule has 0 aliphatic heterocycles. The van der Waals surface area contributed by atoms with Crippen LogP contribution in [0.3, 0.4) is 0 Å². The number of Topliss-reactive ketones (excluding diaryl/α,β-unsaturated/α-hetero) is 1. The summed E-state index contributed by atoms with van der Waals surface area (Å²) >= 11 is -0.0304. The molecule has 2 heterocycles. The van der Waals surface area contributed by atoms with Crippen molar-refractivity contribution in [1.82, 2.24) is 13.9 Å². The number of hydrogen-bond acceptors (Lipinski definition) is 6. The first-order valence-electron chi connectivity index (χ1n) is 7.87. The first-order chi connectivity index (χ1) is 12.3. The SMILES string of the molecule is CC(C)(C)C(=O)c1cn(SF)c2ncc(Nc3ccc(C=O)cc3)nc12. The number of benzene rings is 1. The van der Waals surface area contributed by atoms with E-state index in [1.807, 2.05) is 0 Å². The molecule has 0 atom stereocenters. The Balaban J connectivity index is 2.03. The zero-order chi connectivity index (χ0) is 18.9. The predicted octanol–water partition coefficient (Wildman–Crippen LogP) is 4.60. The molecule has 2 aromatic heterocycles. The second-order valence-corrected chi connectivity index (χ2v) is 7.34. The molecule has 3 rings (SSSR count). The number of nitrogens with one attached hydrogen (secondary N) is 1. The van der Waals surface area contributed by atoms with Crippen LogP contribution in [-0.4, -0.2) is 26.0 Å². The van der Waals surface area contributed by atoms with Gasteiger partial charge in [-0.1, -0.05) is 20.8 Å². The lowest BCUT2D eigenvalue weighted by Gasteiger charge is -2.15. The van der Waals surface area contributed by atoms with E-state index in [-0.39, 0.29) is 23.8 Å². The highest BCUT2D eigenvalue weighted by Gasteiger charge is 2.28. The molecule has 1 N–H and O–H groups in total. The molecule has 0 saturated heterocycles. The molecule has 0 saturated carbocycles. The van der Waals surface area contributed by atoms with Gasteiger partial charge < -0.3 is 5.32 Å². The summed E-state index contributed by atoms with van der Waals surface area (Å²) in [5, 5.41) is 3.07. The largest absolute Gasteiger partial charge is 0.339 e. The Bertz CT molecular complexity index is 977. The third-order valence-electron chi connectivity index (χ3n) is 3.78. The molecule has 6 nitrogen and oxygen atoms in total. The van der Waals surface area contributed by atoms with Gasteiger partial charge in [0.05, 0.1) is 11.8 Å². The van der Waals surface area contributed by atoms with E-state index in [0.29, 0.717) is 28.1 Å². The Hall–Kier alpha value is -2.74. The number of fused-ring (bicyclic) bond motifs is 1. The number of halogens is 1. The number of hydrogen-bond donors (Lipinski definition) is 1. The van der Waals surface area contributed by atoms with Crippen molar-refractivity contribution in [3.8, 4) is 0 Å². The molecule has 26 heavy (non-hydrogen) atoms. The van der Waals surface area contributed by atoms with Gasteiger partial charge in [-0.2, -0.15) is 0 Å². The van der Waals surface area contributed by atoms with Crippen molar-refractivity contribution in [1.29, 1.82) is 0 Å². The van der Waals surface area contributed by atoms with Crippen LogP contribution in [0, 0.1) is 5.41 Å². The fraction of sp³-hybridized carbons (Fsp3) is 0.222. The summed E-state index contributed by atoms with van der Waals surface area (Å²) in [4.78, 5) is 32.1. The van der Waals surface area contributed by atoms with E-state index in [2.05, 4.69) is 15.3 Å². The molecular formula is C18H17FN4O2S. The lowest BCUT2D eigenvalue weighted by atomic mass is 9.87. The standard InChI is InChI=1S/C18H17FN4O2S/c1-18(2,3)16(25)13-9-23(26-19)17-15(13)22-14(8-20-17)21-12-6-4-11(10-24)5-7-12/h4-10H,1-3H3,(H,21,22). The van der Waals surface area contributed by atoms with Gasteiger partial charge in [-0.3, -0.25) is 9.59 Å². The maximum absolute atomic E-state index is 13.2. The van der Waals surface area contributed by atoms with E-state index in [1.54, 1.807) is 45.0 Å². The molecule has 0 bridgehead atoms. The van der Waals surface area contributed by atoms with Gasteiger partial charge in [0.2, 0.25) is 0 Å². The normalized spacial score (nSPS) is 11.5. The van der Waals surface area contributed by atoms with Crippen molar-refractivity contribution in [2.24, 2.45) is 5.41 Å². The van der Waals surface area contributed by atoms with Crippen molar-refractivity contribution in [3.05, 3.63) is 47.8 Å². The van der Waals surface area contributed by atoms with Crippen LogP contribution < -0.4 is 5.32 Å². The van der Waals surface area contributed by atoms with Crippen LogP contribution in [0.5, 0.6) is 0 Å². The van der Waals surface area contributed by atoms with Gasteiger partial charge in [0, 0.05) is 22.9 Å². The molecule has 3 aromatic rings. The van der Waals surface area contributed by atoms with Crippen molar-refractivity contribution in [3.63, 3.8) is 0 Å². The summed E-state index contributed by atoms with van der Waals surface area (Å²) in [5.74, 6) is 0.276. The smallest absolute Gasteiger partial charge is 0.172 e. The van der Waals surface area contributed by atoms with Gasteiger partial charge in [0.1, 0.15) is 17.6 Å². The molecule has 0 aliphatic carbocycles. The average molecular weight is 372 g/mol. The van der Waals surface area contributed by atoms with Gasteiger partial charge in [0.15, 0.2) is 23.8 Å². The Morgan fingerprint density at radius 3 is 2.54 bits per heavy atom. The molecule has 0 aliphatic rings. The third-order valence-corrected chi connectivity index (χ3v) is 4.21. The molecule has 0 radical (unpaired) electrons. The molecule has 8 heteroatoms. The van der Waals surface area contributed by atoms with Gasteiger partial charge >= 0.3 is 0 Å². The Morgan fingerprint density at radius 2 is 1.96 bits per heavy atom. The summed E-state index contributed by atoms with van der Waals surface area (Å²) in [6, 6.07) is 6.82. The Kier molecular flexibility index (Phi) is 4.78. The summed E-state index contributed by atoms with van der Waals surface area (Å²) in [6.45, 7) is 5.39. The van der Waals surface area contributed by atoms with Crippen LogP contribution >= 0.6 is 12.3 Å². The monoisotopic (exact) mass is 372 g/mol. The predicted molar refractivity (Wildman–Crippen MR) is 101 cm³/mol. The second kappa shape index (κ2) is 6.87. The van der Waals surface area contributed by atoms with E-state index in [0.717, 1.165) is 6.29 Å². The number of nitrogens with zero attached hydrogens (tertiary/aromatic N) is 3. The van der Waals surface area contributed by atoms with E-state index >= 15 is 0 Å². The van der Waals surface area contributed by atoms with E-state index < -0.39 is 5.41 Å². The third kappa shape index (κ3) is 3.45. The molecule has 0 spiro atoms. The van der Waals surface area contributed by atoms with Gasteiger partial charge in [-0.15, -0.1) is 3.89 Å². The average Bonchev–Trinajstić information content (AvgIpc) is 2.98. The maximum atomic E-state index is 13.2. The van der Waals surface area contributed by atoms with Gasteiger partial charge in [-0.25, -0.2) is 13.9 Å². The van der Waals surface area contributed by atoms with Crippen LogP contribution in [0.15, 0.2) is 36.7 Å². The van der Waals surface area contributed by atoms with Crippen molar-refractivity contribution in [2.45, 2.75) is 20.8 Å². The minimum Gasteiger partial charge on any atom is -0.339 e. The lowest BCUT2D eigenvalue weighted by molar-refractivity contribution is 0.0860. The van der Waals surface area contributed by atoms with Crippen LogP contribution in [0.25, 0.3) is 11.2 Å². The number of aldehydes is 1. The first-order valence-corrected chi connectivity index (χ1v) is 8.55. The zero-order valence-corrected chi connectivity index (χ0v) is 15.3. The molecule has 0 fully saturated rings. The van der Waals surface area contributed by atoms with Crippen LogP contribution in [-0.2, 0) is 0 Å². The van der Waals surface area contributed by atoms with Crippen molar-refractivity contribution >= 4 is 47.1 Å². The highest BCUT2D eigenvalue weighted by Crippen LogP contribution is 2.30. The van der Waals surface area contributed by atoms with Crippen LogP contribution in [0.1, 0.15) is 41.5 Å². The number of anilines is 2. The number of carbonyl (C=O) groups excluding carboxylic acids is 2. The highest BCUT2D eigenvalue weighted by molar-refractivity contribution is 7.92. The summed E-state index contributed by atoms with van der Waals surface area (Å²) in [5.41, 5.74) is 1.59. The number of ketones is 1. The van der Waals surface area contributed by atoms with Crippen molar-refractivity contribution in [2.75, 3.05) is 5.32 Å². The van der Waals surface area contributed by atoms with E-state index in [9.17, 15) is 13.5 Å². The van der Waals surface area contributed by atoms with E-state index in [4.69, 9.17) is 0 Å². The quantitative estimate of drug-likeness (QED) is 0.521. The fourth-order valence-electron chi connectivity index (χ4n) is 2.44. The van der Waals surface area contributed by atoms with Crippen molar-refractivity contribution < 1.29 is 13.5 Å². The Labute approximate surface area is 154 Å². The molecule has 0 amide bonds. The maximum Gasteiger partial charge on any atom is 0.172 e.